The number of nitrogens with zero attached hydrogens (tertiary/aromatic N) is 1. The van der Waals surface area contributed by atoms with E-state index in [1.165, 1.54) is 38.4 Å². The Hall–Kier alpha value is -1.95. The SMILES string of the molecule is CNC(C(=O)O)C(=O)N(C)c1ccc(F)cc1. The summed E-state index contributed by atoms with van der Waals surface area (Å²) in [4.78, 5) is 23.7. The number of halogens is 1. The Balaban J connectivity index is 2.89. The van der Waals surface area contributed by atoms with Gasteiger partial charge in [-0.15, -0.1) is 0 Å². The molecule has 0 saturated carbocycles. The summed E-state index contributed by atoms with van der Waals surface area (Å²) in [7, 11) is 2.82. The number of amides is 1. The van der Waals surface area contributed by atoms with Crippen LogP contribution < -0.4 is 10.2 Å². The Morgan fingerprint density at radius 2 is 1.88 bits per heavy atom. The molecule has 0 aliphatic heterocycles. The van der Waals surface area contributed by atoms with E-state index in [0.717, 1.165) is 4.90 Å². The number of carboxylic acids is 1. The van der Waals surface area contributed by atoms with E-state index in [0.29, 0.717) is 5.69 Å². The first-order valence-corrected chi connectivity index (χ1v) is 4.90. The number of carbonyl (C=O) groups excluding carboxylic acids is 1. The molecule has 0 saturated heterocycles. The second kappa shape index (κ2) is 5.40. The number of anilines is 1. The summed E-state index contributed by atoms with van der Waals surface area (Å²) in [5.74, 6) is -2.30. The summed E-state index contributed by atoms with van der Waals surface area (Å²) in [5.41, 5.74) is 0.429. The zero-order chi connectivity index (χ0) is 13.0. The first-order valence-electron chi connectivity index (χ1n) is 4.90. The number of aliphatic carboxylic acids is 1. The molecule has 1 atom stereocenters. The van der Waals surface area contributed by atoms with Crippen molar-refractivity contribution in [1.29, 1.82) is 0 Å². The van der Waals surface area contributed by atoms with Crippen LogP contribution in [0, 0.1) is 5.82 Å². The van der Waals surface area contributed by atoms with Gasteiger partial charge in [0.15, 0.2) is 6.04 Å². The third-order valence-corrected chi connectivity index (χ3v) is 2.33. The summed E-state index contributed by atoms with van der Waals surface area (Å²) >= 11 is 0. The van der Waals surface area contributed by atoms with Gasteiger partial charge in [-0.2, -0.15) is 0 Å². The lowest BCUT2D eigenvalue weighted by Crippen LogP contribution is -2.48. The summed E-state index contributed by atoms with van der Waals surface area (Å²) in [6.45, 7) is 0. The van der Waals surface area contributed by atoms with Crippen molar-refractivity contribution in [3.63, 3.8) is 0 Å². The molecule has 0 spiro atoms. The minimum Gasteiger partial charge on any atom is -0.480 e. The average molecular weight is 240 g/mol. The van der Waals surface area contributed by atoms with Crippen LogP contribution in [0.4, 0.5) is 10.1 Å². The van der Waals surface area contributed by atoms with Crippen LogP contribution in [0.1, 0.15) is 0 Å². The van der Waals surface area contributed by atoms with Gasteiger partial charge in [0.1, 0.15) is 5.82 Å². The number of hydrogen-bond donors (Lipinski definition) is 2. The van der Waals surface area contributed by atoms with Crippen molar-refractivity contribution in [2.45, 2.75) is 6.04 Å². The number of rotatable bonds is 4. The van der Waals surface area contributed by atoms with Crippen LogP contribution in [0.15, 0.2) is 24.3 Å². The van der Waals surface area contributed by atoms with E-state index in [1.54, 1.807) is 0 Å². The minimum atomic E-state index is -1.31. The van der Waals surface area contributed by atoms with Crippen molar-refractivity contribution in [2.75, 3.05) is 19.0 Å². The number of hydrogen-bond acceptors (Lipinski definition) is 3. The zero-order valence-electron chi connectivity index (χ0n) is 9.48. The lowest BCUT2D eigenvalue weighted by Gasteiger charge is -2.21. The summed E-state index contributed by atoms with van der Waals surface area (Å²) in [6, 6.07) is 3.90. The molecular formula is C11H13FN2O3. The zero-order valence-corrected chi connectivity index (χ0v) is 9.48. The number of carbonyl (C=O) groups is 2. The van der Waals surface area contributed by atoms with E-state index >= 15 is 0 Å². The summed E-state index contributed by atoms with van der Waals surface area (Å²) in [6.07, 6.45) is 0. The number of carboxylic acid groups (broad SMARTS) is 1. The van der Waals surface area contributed by atoms with Crippen LogP contribution >= 0.6 is 0 Å². The van der Waals surface area contributed by atoms with Gasteiger partial charge in [0.25, 0.3) is 5.91 Å². The highest BCUT2D eigenvalue weighted by Gasteiger charge is 2.27. The molecule has 0 aromatic heterocycles. The van der Waals surface area contributed by atoms with Gasteiger partial charge in [-0.25, -0.2) is 9.18 Å². The van der Waals surface area contributed by atoms with Gasteiger partial charge in [0.2, 0.25) is 0 Å². The van der Waals surface area contributed by atoms with Crippen LogP contribution in [-0.2, 0) is 9.59 Å². The molecule has 0 fully saturated rings. The molecule has 0 aliphatic rings. The molecule has 1 aromatic rings. The molecule has 1 unspecified atom stereocenters. The first kappa shape index (κ1) is 13.1. The molecule has 1 aromatic carbocycles. The maximum absolute atomic E-state index is 12.7. The van der Waals surface area contributed by atoms with Crippen LogP contribution in [0.2, 0.25) is 0 Å². The highest BCUT2D eigenvalue weighted by molar-refractivity contribution is 6.08. The monoisotopic (exact) mass is 240 g/mol. The van der Waals surface area contributed by atoms with E-state index in [-0.39, 0.29) is 0 Å². The molecule has 5 nitrogen and oxygen atoms in total. The fraction of sp³-hybridized carbons (Fsp3) is 0.273. The summed E-state index contributed by atoms with van der Waals surface area (Å²) < 4.78 is 12.7. The van der Waals surface area contributed by atoms with Crippen LogP contribution in [0.3, 0.4) is 0 Å². The molecule has 2 N–H and O–H groups in total. The van der Waals surface area contributed by atoms with E-state index in [4.69, 9.17) is 5.11 Å². The van der Waals surface area contributed by atoms with Gasteiger partial charge < -0.3 is 10.0 Å². The van der Waals surface area contributed by atoms with E-state index < -0.39 is 23.7 Å². The molecule has 17 heavy (non-hydrogen) atoms. The third kappa shape index (κ3) is 3.01. The maximum Gasteiger partial charge on any atom is 0.330 e. The van der Waals surface area contributed by atoms with Gasteiger partial charge in [0, 0.05) is 12.7 Å². The van der Waals surface area contributed by atoms with Crippen LogP contribution in [0.5, 0.6) is 0 Å². The molecular weight excluding hydrogens is 227 g/mol. The molecule has 1 amide bonds. The molecule has 0 bridgehead atoms. The fourth-order valence-electron chi connectivity index (χ4n) is 1.34. The van der Waals surface area contributed by atoms with Crippen LogP contribution in [0.25, 0.3) is 0 Å². The van der Waals surface area contributed by atoms with E-state index in [2.05, 4.69) is 5.32 Å². The Labute approximate surface area is 97.8 Å². The van der Waals surface area contributed by atoms with Crippen molar-refractivity contribution in [3.8, 4) is 0 Å². The fourth-order valence-corrected chi connectivity index (χ4v) is 1.34. The summed E-state index contributed by atoms with van der Waals surface area (Å²) in [5, 5.41) is 11.2. The van der Waals surface area contributed by atoms with Crippen molar-refractivity contribution >= 4 is 17.6 Å². The largest absolute Gasteiger partial charge is 0.480 e. The molecule has 0 aliphatic carbocycles. The van der Waals surface area contributed by atoms with Crippen molar-refractivity contribution < 1.29 is 19.1 Å². The number of nitrogens with one attached hydrogen (secondary N) is 1. The van der Waals surface area contributed by atoms with Crippen molar-refractivity contribution in [3.05, 3.63) is 30.1 Å². The third-order valence-electron chi connectivity index (χ3n) is 2.33. The van der Waals surface area contributed by atoms with Gasteiger partial charge in [0.05, 0.1) is 0 Å². The quantitative estimate of drug-likeness (QED) is 0.750. The van der Waals surface area contributed by atoms with Gasteiger partial charge in [-0.05, 0) is 31.3 Å². The van der Waals surface area contributed by atoms with E-state index in [9.17, 15) is 14.0 Å². The highest BCUT2D eigenvalue weighted by atomic mass is 19.1. The van der Waals surface area contributed by atoms with Gasteiger partial charge >= 0.3 is 5.97 Å². The van der Waals surface area contributed by atoms with E-state index in [1.807, 2.05) is 0 Å². The predicted octanol–water partition coefficient (Wildman–Crippen LogP) is 0.461. The standard InChI is InChI=1S/C11H13FN2O3/c1-13-9(11(16)17)10(15)14(2)8-5-3-7(12)4-6-8/h3-6,9,13H,1-2H3,(H,16,17). The van der Waals surface area contributed by atoms with Gasteiger partial charge in [-0.1, -0.05) is 0 Å². The predicted molar refractivity (Wildman–Crippen MR) is 60.3 cm³/mol. The van der Waals surface area contributed by atoms with Crippen LogP contribution in [-0.4, -0.2) is 37.1 Å². The van der Waals surface area contributed by atoms with Crippen molar-refractivity contribution in [1.82, 2.24) is 5.32 Å². The molecule has 0 radical (unpaired) electrons. The first-order chi connectivity index (χ1) is 7.97. The lowest BCUT2D eigenvalue weighted by atomic mass is 10.2. The molecule has 0 heterocycles. The average Bonchev–Trinajstić information content (AvgIpc) is 2.29. The Morgan fingerprint density at radius 1 is 1.35 bits per heavy atom. The Kier molecular flexibility index (Phi) is 4.17. The highest BCUT2D eigenvalue weighted by Crippen LogP contribution is 2.14. The topological polar surface area (TPSA) is 69.6 Å². The second-order valence-corrected chi connectivity index (χ2v) is 3.43. The number of likely N-dealkylation sites (N-methyl/N-ethyl adjacent to an activating group) is 2. The molecule has 92 valence electrons. The van der Waals surface area contributed by atoms with Crippen molar-refractivity contribution in [2.24, 2.45) is 0 Å². The normalized spacial score (nSPS) is 11.9. The smallest absolute Gasteiger partial charge is 0.330 e. The minimum absolute atomic E-state index is 0.419. The second-order valence-electron chi connectivity index (χ2n) is 3.43. The Bertz CT molecular complexity index is 419. The lowest BCUT2D eigenvalue weighted by molar-refractivity contribution is -0.143. The maximum atomic E-state index is 12.7. The molecule has 1 rings (SSSR count). The Morgan fingerprint density at radius 3 is 2.29 bits per heavy atom. The molecule has 6 heteroatoms. The number of benzene rings is 1. The van der Waals surface area contributed by atoms with Gasteiger partial charge in [-0.3, -0.25) is 10.1 Å².